The topological polar surface area (TPSA) is 61.0 Å². The third kappa shape index (κ3) is 2.31. The van der Waals surface area contributed by atoms with Crippen LogP contribution in [-0.4, -0.2) is 40.6 Å². The lowest BCUT2D eigenvalue weighted by molar-refractivity contribution is 0.0706. The van der Waals surface area contributed by atoms with Gasteiger partial charge in [-0.2, -0.15) is 5.10 Å². The number of hydrogen-bond acceptors (Lipinski definition) is 3. The van der Waals surface area contributed by atoms with E-state index >= 15 is 0 Å². The number of hydrogen-bond donors (Lipinski definition) is 2. The molecule has 2 saturated heterocycles. The van der Waals surface area contributed by atoms with Gasteiger partial charge in [0.15, 0.2) is 5.69 Å². The van der Waals surface area contributed by atoms with E-state index in [0.29, 0.717) is 24.1 Å². The average Bonchev–Trinajstić information content (AvgIpc) is 3.33. The minimum atomic E-state index is -0.250. The highest BCUT2D eigenvalue weighted by molar-refractivity contribution is 5.94. The second-order valence-corrected chi connectivity index (χ2v) is 7.42. The zero-order valence-corrected chi connectivity index (χ0v) is 14.0. The SMILES string of the molecule is O=C(c1n[nH]c2c1CCC2)N1C[C@@H]2CNC[C@@H]2[C@@H]1c1cccc(F)c1. The number of H-pyrrole nitrogens is 1. The van der Waals surface area contributed by atoms with Gasteiger partial charge < -0.3 is 10.2 Å². The number of aromatic amines is 1. The van der Waals surface area contributed by atoms with Crippen LogP contribution in [0.25, 0.3) is 0 Å². The van der Waals surface area contributed by atoms with Gasteiger partial charge in [0, 0.05) is 36.8 Å². The largest absolute Gasteiger partial charge is 0.330 e. The summed E-state index contributed by atoms with van der Waals surface area (Å²) in [6.45, 7) is 2.49. The summed E-state index contributed by atoms with van der Waals surface area (Å²) in [6.07, 6.45) is 2.96. The molecule has 5 nitrogen and oxygen atoms in total. The number of likely N-dealkylation sites (tertiary alicyclic amines) is 1. The number of halogens is 1. The quantitative estimate of drug-likeness (QED) is 0.880. The summed E-state index contributed by atoms with van der Waals surface area (Å²) in [4.78, 5) is 15.2. The van der Waals surface area contributed by atoms with Crippen LogP contribution in [0.3, 0.4) is 0 Å². The van der Waals surface area contributed by atoms with Crippen molar-refractivity contribution < 1.29 is 9.18 Å². The van der Waals surface area contributed by atoms with E-state index in [9.17, 15) is 9.18 Å². The maximum absolute atomic E-state index is 13.8. The standard InChI is InChI=1S/C19H21FN4O/c20-13-4-1-3-11(7-13)18-15-9-21-8-12(15)10-24(18)19(25)17-14-5-2-6-16(14)22-23-17/h1,3-4,7,12,15,18,21H,2,5-6,8-10H2,(H,22,23)/t12-,15-,18-/m0/s1. The Morgan fingerprint density at radius 1 is 1.28 bits per heavy atom. The Labute approximate surface area is 145 Å². The highest BCUT2D eigenvalue weighted by atomic mass is 19.1. The normalized spacial score (nSPS) is 27.6. The molecule has 2 aliphatic heterocycles. The van der Waals surface area contributed by atoms with Crippen molar-refractivity contribution in [1.82, 2.24) is 20.4 Å². The van der Waals surface area contributed by atoms with Gasteiger partial charge in [-0.1, -0.05) is 12.1 Å². The van der Waals surface area contributed by atoms with E-state index < -0.39 is 0 Å². The third-order valence-corrected chi connectivity index (χ3v) is 6.02. The Hall–Kier alpha value is -2.21. The number of fused-ring (bicyclic) bond motifs is 2. The van der Waals surface area contributed by atoms with Crippen LogP contribution >= 0.6 is 0 Å². The molecular weight excluding hydrogens is 319 g/mol. The van der Waals surface area contributed by atoms with Crippen LogP contribution in [-0.2, 0) is 12.8 Å². The van der Waals surface area contributed by atoms with Crippen LogP contribution < -0.4 is 5.32 Å². The predicted molar refractivity (Wildman–Crippen MR) is 90.6 cm³/mol. The van der Waals surface area contributed by atoms with Crippen LogP contribution in [0.1, 0.15) is 39.8 Å². The number of benzene rings is 1. The number of aryl methyl sites for hydroxylation is 1. The van der Waals surface area contributed by atoms with Crippen molar-refractivity contribution in [3.8, 4) is 0 Å². The molecule has 0 unspecified atom stereocenters. The Bertz CT molecular complexity index is 833. The van der Waals surface area contributed by atoms with Crippen molar-refractivity contribution in [2.45, 2.75) is 25.3 Å². The maximum atomic E-state index is 13.8. The minimum Gasteiger partial charge on any atom is -0.330 e. The van der Waals surface area contributed by atoms with Crippen LogP contribution in [0.4, 0.5) is 4.39 Å². The van der Waals surface area contributed by atoms with Gasteiger partial charge in [0.25, 0.3) is 5.91 Å². The molecule has 0 bridgehead atoms. The minimum absolute atomic E-state index is 0.0111. The lowest BCUT2D eigenvalue weighted by Gasteiger charge is -2.28. The summed E-state index contributed by atoms with van der Waals surface area (Å²) >= 11 is 0. The van der Waals surface area contributed by atoms with Gasteiger partial charge in [0.05, 0.1) is 6.04 Å². The van der Waals surface area contributed by atoms with Gasteiger partial charge in [0.2, 0.25) is 0 Å². The highest BCUT2D eigenvalue weighted by Crippen LogP contribution is 2.43. The molecule has 3 aliphatic rings. The molecule has 25 heavy (non-hydrogen) atoms. The number of nitrogens with one attached hydrogen (secondary N) is 2. The highest BCUT2D eigenvalue weighted by Gasteiger charge is 2.47. The monoisotopic (exact) mass is 340 g/mol. The van der Waals surface area contributed by atoms with Crippen LogP contribution in [0.15, 0.2) is 24.3 Å². The molecule has 0 spiro atoms. The van der Waals surface area contributed by atoms with E-state index in [1.54, 1.807) is 12.1 Å². The molecule has 130 valence electrons. The molecule has 3 heterocycles. The van der Waals surface area contributed by atoms with E-state index in [1.165, 1.54) is 6.07 Å². The lowest BCUT2D eigenvalue weighted by atomic mass is 9.89. The van der Waals surface area contributed by atoms with Gasteiger partial charge in [0.1, 0.15) is 5.82 Å². The van der Waals surface area contributed by atoms with E-state index in [4.69, 9.17) is 0 Å². The summed E-state index contributed by atoms with van der Waals surface area (Å²) in [5.74, 6) is 0.491. The zero-order valence-electron chi connectivity index (χ0n) is 14.0. The maximum Gasteiger partial charge on any atom is 0.275 e. The van der Waals surface area contributed by atoms with E-state index in [0.717, 1.165) is 49.2 Å². The Morgan fingerprint density at radius 2 is 2.20 bits per heavy atom. The van der Waals surface area contributed by atoms with Crippen LogP contribution in [0.2, 0.25) is 0 Å². The smallest absolute Gasteiger partial charge is 0.275 e. The number of amides is 1. The lowest BCUT2D eigenvalue weighted by Crippen LogP contribution is -2.35. The molecule has 6 heteroatoms. The molecule has 1 aromatic carbocycles. The average molecular weight is 340 g/mol. The molecule has 1 aliphatic carbocycles. The van der Waals surface area contributed by atoms with Gasteiger partial charge in [-0.05, 0) is 42.9 Å². The molecule has 2 N–H and O–H groups in total. The van der Waals surface area contributed by atoms with E-state index in [-0.39, 0.29) is 17.8 Å². The van der Waals surface area contributed by atoms with Crippen molar-refractivity contribution in [3.63, 3.8) is 0 Å². The second-order valence-electron chi connectivity index (χ2n) is 7.42. The molecule has 0 saturated carbocycles. The van der Waals surface area contributed by atoms with Gasteiger partial charge in [-0.15, -0.1) is 0 Å². The van der Waals surface area contributed by atoms with Crippen molar-refractivity contribution in [2.75, 3.05) is 19.6 Å². The van der Waals surface area contributed by atoms with Crippen LogP contribution in [0.5, 0.6) is 0 Å². The Balaban J connectivity index is 1.53. The molecule has 1 aromatic heterocycles. The summed E-state index contributed by atoms with van der Waals surface area (Å²) in [5.41, 5.74) is 3.64. The van der Waals surface area contributed by atoms with E-state index in [2.05, 4.69) is 15.5 Å². The van der Waals surface area contributed by atoms with Gasteiger partial charge >= 0.3 is 0 Å². The van der Waals surface area contributed by atoms with Crippen molar-refractivity contribution in [1.29, 1.82) is 0 Å². The molecule has 0 radical (unpaired) electrons. The fraction of sp³-hybridized carbons (Fsp3) is 0.474. The second kappa shape index (κ2) is 5.66. The molecule has 2 aromatic rings. The first-order valence-corrected chi connectivity index (χ1v) is 9.05. The Kier molecular flexibility index (Phi) is 3.41. The first kappa shape index (κ1) is 15.1. The first-order valence-electron chi connectivity index (χ1n) is 9.05. The third-order valence-electron chi connectivity index (χ3n) is 6.02. The van der Waals surface area contributed by atoms with Crippen molar-refractivity contribution in [2.24, 2.45) is 11.8 Å². The summed E-state index contributed by atoms with van der Waals surface area (Å²) in [6, 6.07) is 6.60. The Morgan fingerprint density at radius 3 is 3.08 bits per heavy atom. The number of nitrogens with zero attached hydrogens (tertiary/aromatic N) is 2. The summed E-state index contributed by atoms with van der Waals surface area (Å²) < 4.78 is 13.8. The van der Waals surface area contributed by atoms with Crippen LogP contribution in [0, 0.1) is 17.7 Å². The van der Waals surface area contributed by atoms with E-state index in [1.807, 2.05) is 11.0 Å². The first-order chi connectivity index (χ1) is 12.2. The molecule has 2 fully saturated rings. The summed E-state index contributed by atoms with van der Waals surface area (Å²) in [5, 5.41) is 10.8. The zero-order chi connectivity index (χ0) is 17.0. The van der Waals surface area contributed by atoms with Gasteiger partial charge in [-0.3, -0.25) is 9.89 Å². The number of aromatic nitrogens is 2. The molecular formula is C19H21FN4O. The van der Waals surface area contributed by atoms with Crippen molar-refractivity contribution >= 4 is 5.91 Å². The van der Waals surface area contributed by atoms with Crippen molar-refractivity contribution in [3.05, 3.63) is 52.6 Å². The number of carbonyl (C=O) groups is 1. The summed E-state index contributed by atoms with van der Waals surface area (Å²) in [7, 11) is 0. The fourth-order valence-electron chi connectivity index (χ4n) is 4.88. The molecule has 1 amide bonds. The number of rotatable bonds is 2. The predicted octanol–water partition coefficient (Wildman–Crippen LogP) is 2.07. The molecule has 3 atom stereocenters. The molecule has 5 rings (SSSR count). The van der Waals surface area contributed by atoms with Gasteiger partial charge in [-0.25, -0.2) is 4.39 Å². The fourth-order valence-corrected chi connectivity index (χ4v) is 4.88. The number of carbonyl (C=O) groups excluding carboxylic acids is 1.